The van der Waals surface area contributed by atoms with Crippen LogP contribution in [0.15, 0.2) is 41.6 Å². The number of carbonyl (C=O) groups is 2. The number of rotatable bonds is 5. The first-order chi connectivity index (χ1) is 11.8. The van der Waals surface area contributed by atoms with Gasteiger partial charge in [0.25, 0.3) is 10.1 Å². The number of hydrogen-bond acceptors (Lipinski definition) is 5. The molecular weight excluding hydrogens is 374 g/mol. The van der Waals surface area contributed by atoms with Crippen LogP contribution in [0, 0.1) is 0 Å². The largest absolute Gasteiger partial charge is 0.449 e. The molecule has 0 radical (unpaired) electrons. The minimum Gasteiger partial charge on any atom is -0.449 e. The average Bonchev–Trinajstić information content (AvgIpc) is 2.55. The molecule has 2 rings (SSSR count). The molecule has 11 heteroatoms. The second-order valence-electron chi connectivity index (χ2n) is 4.92. The first-order valence-corrected chi connectivity index (χ1v) is 9.02. The monoisotopic (exact) mass is 389 g/mol. The van der Waals surface area contributed by atoms with Gasteiger partial charge in [-0.1, -0.05) is 29.8 Å². The fourth-order valence-corrected chi connectivity index (χ4v) is 3.53. The number of benzene rings is 1. The number of urea groups is 1. The maximum absolute atomic E-state index is 12.2. The van der Waals surface area contributed by atoms with E-state index < -0.39 is 34.3 Å². The molecule has 1 aliphatic heterocycles. The van der Waals surface area contributed by atoms with Crippen LogP contribution in [0.5, 0.6) is 0 Å². The molecule has 136 valence electrons. The van der Waals surface area contributed by atoms with Gasteiger partial charge in [-0.15, -0.1) is 0 Å². The van der Waals surface area contributed by atoms with Gasteiger partial charge in [-0.3, -0.25) is 14.4 Å². The summed E-state index contributed by atoms with van der Waals surface area (Å²) in [6.45, 7) is 1.18. The van der Waals surface area contributed by atoms with Crippen LogP contribution in [-0.2, 0) is 14.9 Å². The first kappa shape index (κ1) is 19.0. The van der Waals surface area contributed by atoms with E-state index in [9.17, 15) is 22.6 Å². The number of nitrogens with one attached hydrogen (secondary N) is 1. The van der Waals surface area contributed by atoms with Crippen LogP contribution in [0.3, 0.4) is 0 Å². The Bertz CT molecular complexity index is 783. The molecule has 1 aromatic rings. The highest BCUT2D eigenvalue weighted by Gasteiger charge is 2.40. The van der Waals surface area contributed by atoms with Crippen LogP contribution in [-0.4, -0.2) is 48.6 Å². The number of para-hydroxylation sites is 1. The fraction of sp³-hybridized carbons (Fsp3) is 0.286. The van der Waals surface area contributed by atoms with E-state index in [1.165, 1.54) is 0 Å². The summed E-state index contributed by atoms with van der Waals surface area (Å²) < 4.78 is 37.6. The zero-order chi connectivity index (χ0) is 18.6. The van der Waals surface area contributed by atoms with E-state index in [-0.39, 0.29) is 11.6 Å². The second kappa shape index (κ2) is 7.72. The Morgan fingerprint density at radius 1 is 1.40 bits per heavy atom. The molecule has 3 amide bonds. The smallest absolute Gasteiger partial charge is 0.415 e. The highest BCUT2D eigenvalue weighted by molar-refractivity contribution is 7.86. The van der Waals surface area contributed by atoms with Gasteiger partial charge in [0.1, 0.15) is 6.67 Å². The zero-order valence-corrected chi connectivity index (χ0v) is 14.7. The van der Waals surface area contributed by atoms with E-state index in [1.807, 2.05) is 0 Å². The first-order valence-electron chi connectivity index (χ1n) is 7.14. The van der Waals surface area contributed by atoms with Crippen molar-refractivity contribution in [2.24, 2.45) is 0 Å². The molecular formula is C14H16ClN3O6S. The molecule has 1 aliphatic rings. The molecule has 9 nitrogen and oxygen atoms in total. The fourth-order valence-electron chi connectivity index (χ4n) is 2.19. The van der Waals surface area contributed by atoms with E-state index >= 15 is 0 Å². The minimum atomic E-state index is -4.74. The van der Waals surface area contributed by atoms with Crippen LogP contribution in [0.4, 0.5) is 15.3 Å². The molecule has 0 aromatic heterocycles. The summed E-state index contributed by atoms with van der Waals surface area (Å²) in [6, 6.07) is 7.35. The lowest BCUT2D eigenvalue weighted by Gasteiger charge is -2.35. The summed E-state index contributed by atoms with van der Waals surface area (Å²) in [6.07, 6.45) is 0.178. The van der Waals surface area contributed by atoms with Crippen LogP contribution in [0.2, 0.25) is 0 Å². The Labute approximate surface area is 149 Å². The standard InChI is InChI=1S/C14H16ClN3O6S/c1-2-24-14(20)17(10-6-4-3-5-7-10)9-18-12(25(21,22)23)11(15)8-16-13(18)19/h3-8,12H,2,9H2,1H3,(H,16,19)(H,21,22,23). The van der Waals surface area contributed by atoms with Crippen molar-refractivity contribution < 1.29 is 27.3 Å². The lowest BCUT2D eigenvalue weighted by atomic mass is 10.3. The zero-order valence-electron chi connectivity index (χ0n) is 13.1. The minimum absolute atomic E-state index is 0.0801. The van der Waals surface area contributed by atoms with Crippen LogP contribution in [0.25, 0.3) is 0 Å². The molecule has 2 N–H and O–H groups in total. The topological polar surface area (TPSA) is 116 Å². The molecule has 0 saturated heterocycles. The van der Waals surface area contributed by atoms with Crippen LogP contribution in [0.1, 0.15) is 6.92 Å². The number of anilines is 1. The molecule has 1 unspecified atom stereocenters. The molecule has 0 saturated carbocycles. The Morgan fingerprint density at radius 2 is 2.04 bits per heavy atom. The Kier molecular flexibility index (Phi) is 5.88. The predicted octanol–water partition coefficient (Wildman–Crippen LogP) is 1.93. The van der Waals surface area contributed by atoms with E-state index in [4.69, 9.17) is 16.3 Å². The molecule has 0 aliphatic carbocycles. The molecule has 0 fully saturated rings. The van der Waals surface area contributed by atoms with Crippen LogP contribution < -0.4 is 10.2 Å². The Morgan fingerprint density at radius 3 is 2.60 bits per heavy atom. The van der Waals surface area contributed by atoms with Crippen LogP contribution >= 0.6 is 11.6 Å². The maximum Gasteiger partial charge on any atom is 0.415 e. The van der Waals surface area contributed by atoms with Crippen molar-refractivity contribution in [1.82, 2.24) is 10.2 Å². The number of nitrogens with zero attached hydrogens (tertiary/aromatic N) is 2. The van der Waals surface area contributed by atoms with E-state index in [0.717, 1.165) is 11.1 Å². The van der Waals surface area contributed by atoms with Crippen molar-refractivity contribution in [1.29, 1.82) is 0 Å². The number of hydrogen-bond donors (Lipinski definition) is 2. The van der Waals surface area contributed by atoms with Crippen molar-refractivity contribution in [2.75, 3.05) is 18.2 Å². The van der Waals surface area contributed by atoms with Gasteiger partial charge < -0.3 is 10.1 Å². The summed E-state index contributed by atoms with van der Waals surface area (Å²) >= 11 is 5.83. The molecule has 0 spiro atoms. The summed E-state index contributed by atoms with van der Waals surface area (Å²) in [7, 11) is -4.74. The Hall–Kier alpha value is -2.30. The van der Waals surface area contributed by atoms with E-state index in [0.29, 0.717) is 10.6 Å². The highest BCUT2D eigenvalue weighted by atomic mass is 35.5. The summed E-state index contributed by atoms with van der Waals surface area (Å²) in [5.41, 5.74) is 0.369. The third-order valence-electron chi connectivity index (χ3n) is 3.25. The van der Waals surface area contributed by atoms with Crippen molar-refractivity contribution >= 4 is 39.5 Å². The maximum atomic E-state index is 12.2. The number of ether oxygens (including phenoxy) is 1. The third-order valence-corrected chi connectivity index (χ3v) is 4.76. The summed E-state index contributed by atoms with van der Waals surface area (Å²) in [5, 5.41) is 0.0999. The van der Waals surface area contributed by atoms with Gasteiger partial charge in [-0.05, 0) is 19.1 Å². The van der Waals surface area contributed by atoms with E-state index in [1.54, 1.807) is 37.3 Å². The Balaban J connectivity index is 2.40. The summed E-state index contributed by atoms with van der Waals surface area (Å²) in [5.74, 6) is 0. The summed E-state index contributed by atoms with van der Waals surface area (Å²) in [4.78, 5) is 26.1. The lowest BCUT2D eigenvalue weighted by Crippen LogP contribution is -2.56. The van der Waals surface area contributed by atoms with Crippen molar-refractivity contribution in [2.45, 2.75) is 12.3 Å². The van der Waals surface area contributed by atoms with Crippen molar-refractivity contribution in [3.05, 3.63) is 41.6 Å². The molecule has 1 atom stereocenters. The van der Waals surface area contributed by atoms with Gasteiger partial charge >= 0.3 is 12.1 Å². The predicted molar refractivity (Wildman–Crippen MR) is 90.5 cm³/mol. The number of amides is 3. The SMILES string of the molecule is CCOC(=O)N(CN1C(=O)NC=C(Cl)C1S(=O)(=O)O)c1ccccc1. The quantitative estimate of drug-likeness (QED) is 0.743. The van der Waals surface area contributed by atoms with Crippen molar-refractivity contribution in [3.8, 4) is 0 Å². The second-order valence-corrected chi connectivity index (χ2v) is 6.83. The van der Waals surface area contributed by atoms with Gasteiger partial charge in [0.05, 0.1) is 11.6 Å². The van der Waals surface area contributed by atoms with Gasteiger partial charge in [0.2, 0.25) is 0 Å². The number of halogens is 1. The lowest BCUT2D eigenvalue weighted by molar-refractivity contribution is 0.152. The average molecular weight is 390 g/mol. The molecule has 0 bridgehead atoms. The van der Waals surface area contributed by atoms with E-state index in [2.05, 4.69) is 5.32 Å². The normalized spacial score (nSPS) is 17.6. The number of carbonyl (C=O) groups excluding carboxylic acids is 2. The van der Waals surface area contributed by atoms with Crippen molar-refractivity contribution in [3.63, 3.8) is 0 Å². The molecule has 1 aromatic carbocycles. The van der Waals surface area contributed by atoms with Gasteiger partial charge in [-0.25, -0.2) is 9.59 Å². The van der Waals surface area contributed by atoms with Gasteiger partial charge in [0, 0.05) is 11.9 Å². The van der Waals surface area contributed by atoms with Gasteiger partial charge in [-0.2, -0.15) is 8.42 Å². The third kappa shape index (κ3) is 4.41. The van der Waals surface area contributed by atoms with Gasteiger partial charge in [0.15, 0.2) is 5.37 Å². The highest BCUT2D eigenvalue weighted by Crippen LogP contribution is 2.25. The molecule has 1 heterocycles. The molecule has 25 heavy (non-hydrogen) atoms.